The van der Waals surface area contributed by atoms with Gasteiger partial charge in [-0.05, 0) is 19.2 Å². The van der Waals surface area contributed by atoms with E-state index < -0.39 is 0 Å². The Hall–Kier alpha value is -0.870. The molecule has 1 saturated heterocycles. The highest BCUT2D eigenvalue weighted by Gasteiger charge is 2.05. The Kier molecular flexibility index (Phi) is 2.94. The maximum Gasteiger partial charge on any atom is 0.0492 e. The summed E-state index contributed by atoms with van der Waals surface area (Å²) in [5.41, 5.74) is 1.20. The van der Waals surface area contributed by atoms with Gasteiger partial charge in [-0.25, -0.2) is 0 Å². The van der Waals surface area contributed by atoms with Gasteiger partial charge in [0.05, 0.1) is 0 Å². The monoisotopic (exact) mass is 179 g/mol. The van der Waals surface area contributed by atoms with Gasteiger partial charge in [-0.3, -0.25) is 10.00 Å². The molecule has 1 N–H and O–H groups in total. The van der Waals surface area contributed by atoms with Crippen LogP contribution in [-0.4, -0.2) is 41.3 Å². The lowest BCUT2D eigenvalue weighted by molar-refractivity contribution is 0.283. The second kappa shape index (κ2) is 4.39. The lowest BCUT2D eigenvalue weighted by atomic mass is 10.3. The SMILES string of the molecule is c1cc(CN2CCC[N-]CC2)[nH]n1. The molecule has 1 aliphatic heterocycles. The summed E-state index contributed by atoms with van der Waals surface area (Å²) >= 11 is 0. The number of hydrogen-bond acceptors (Lipinski definition) is 2. The minimum Gasteiger partial charge on any atom is -0.661 e. The maximum atomic E-state index is 4.38. The molecule has 0 spiro atoms. The van der Waals surface area contributed by atoms with Gasteiger partial charge in [0.15, 0.2) is 0 Å². The van der Waals surface area contributed by atoms with Crippen molar-refractivity contribution in [3.8, 4) is 0 Å². The Morgan fingerprint density at radius 1 is 1.46 bits per heavy atom. The van der Waals surface area contributed by atoms with Crippen LogP contribution in [0.4, 0.5) is 0 Å². The molecule has 4 heteroatoms. The van der Waals surface area contributed by atoms with Gasteiger partial charge >= 0.3 is 0 Å². The van der Waals surface area contributed by atoms with Crippen molar-refractivity contribution < 1.29 is 0 Å². The number of hydrogen-bond donors (Lipinski definition) is 1. The number of aromatic nitrogens is 2. The predicted octanol–water partition coefficient (Wildman–Crippen LogP) is 0.989. The molecular formula is C9H15N4-. The zero-order chi connectivity index (χ0) is 8.93. The molecule has 72 valence electrons. The second-order valence-electron chi connectivity index (χ2n) is 3.38. The third-order valence-electron chi connectivity index (χ3n) is 2.32. The number of nitrogens with zero attached hydrogens (tertiary/aromatic N) is 3. The minimum absolute atomic E-state index is 0.980. The fourth-order valence-electron chi connectivity index (χ4n) is 1.61. The van der Waals surface area contributed by atoms with E-state index in [2.05, 4.69) is 20.4 Å². The van der Waals surface area contributed by atoms with Crippen molar-refractivity contribution in [3.63, 3.8) is 0 Å². The fraction of sp³-hybridized carbons (Fsp3) is 0.667. The summed E-state index contributed by atoms with van der Waals surface area (Å²) in [5, 5.41) is 11.3. The lowest BCUT2D eigenvalue weighted by Crippen LogP contribution is -2.25. The first-order chi connectivity index (χ1) is 6.45. The average Bonchev–Trinajstić information content (AvgIpc) is 2.49. The summed E-state index contributed by atoms with van der Waals surface area (Å²) < 4.78 is 0. The predicted molar refractivity (Wildman–Crippen MR) is 51.6 cm³/mol. The topological polar surface area (TPSA) is 46.0 Å². The smallest absolute Gasteiger partial charge is 0.0492 e. The summed E-state index contributed by atoms with van der Waals surface area (Å²) in [4.78, 5) is 2.42. The molecule has 0 bridgehead atoms. The van der Waals surface area contributed by atoms with Crippen LogP contribution in [0.1, 0.15) is 12.1 Å². The number of aromatic amines is 1. The van der Waals surface area contributed by atoms with Gasteiger partial charge in [-0.1, -0.05) is 6.42 Å². The van der Waals surface area contributed by atoms with Gasteiger partial charge in [0.1, 0.15) is 0 Å². The molecule has 0 unspecified atom stereocenters. The van der Waals surface area contributed by atoms with Crippen molar-refractivity contribution in [2.45, 2.75) is 13.0 Å². The molecular weight excluding hydrogens is 164 g/mol. The van der Waals surface area contributed by atoms with Crippen LogP contribution in [0.3, 0.4) is 0 Å². The summed E-state index contributed by atoms with van der Waals surface area (Å²) in [6.07, 6.45) is 2.99. The van der Waals surface area contributed by atoms with Gasteiger partial charge in [-0.2, -0.15) is 5.10 Å². The highest BCUT2D eigenvalue weighted by Crippen LogP contribution is 2.06. The highest BCUT2D eigenvalue weighted by molar-refractivity contribution is 4.98. The van der Waals surface area contributed by atoms with Crippen molar-refractivity contribution >= 4 is 0 Å². The molecule has 2 heterocycles. The molecule has 2 rings (SSSR count). The van der Waals surface area contributed by atoms with E-state index in [1.165, 1.54) is 12.1 Å². The Labute approximate surface area is 78.3 Å². The Morgan fingerprint density at radius 3 is 3.31 bits per heavy atom. The Morgan fingerprint density at radius 2 is 2.46 bits per heavy atom. The second-order valence-corrected chi connectivity index (χ2v) is 3.38. The molecule has 1 aromatic rings. The Balaban J connectivity index is 1.86. The molecule has 4 nitrogen and oxygen atoms in total. The standard InChI is InChI=1S/C9H15N4/c1-3-10-5-7-13(6-1)8-9-2-4-11-12-9/h2,4H,1,3,5-8H2,(H,11,12)/q-1. The van der Waals surface area contributed by atoms with Crippen LogP contribution in [0.2, 0.25) is 0 Å². The zero-order valence-corrected chi connectivity index (χ0v) is 7.74. The van der Waals surface area contributed by atoms with Crippen LogP contribution in [0.15, 0.2) is 12.3 Å². The molecule has 13 heavy (non-hydrogen) atoms. The van der Waals surface area contributed by atoms with E-state index in [0.29, 0.717) is 0 Å². The summed E-state index contributed by atoms with van der Waals surface area (Å²) in [5.74, 6) is 0. The first-order valence-corrected chi connectivity index (χ1v) is 4.79. The van der Waals surface area contributed by atoms with Crippen LogP contribution < -0.4 is 0 Å². The van der Waals surface area contributed by atoms with Crippen molar-refractivity contribution in [2.75, 3.05) is 26.2 Å². The van der Waals surface area contributed by atoms with Gasteiger partial charge in [-0.15, -0.1) is 13.1 Å². The van der Waals surface area contributed by atoms with E-state index in [1.54, 1.807) is 6.20 Å². The van der Waals surface area contributed by atoms with Gasteiger partial charge in [0.2, 0.25) is 0 Å². The molecule has 1 fully saturated rings. The summed E-state index contributed by atoms with van der Waals surface area (Å²) in [6, 6.07) is 2.03. The minimum atomic E-state index is 0.980. The molecule has 0 radical (unpaired) electrons. The van der Waals surface area contributed by atoms with Crippen LogP contribution in [0.5, 0.6) is 0 Å². The van der Waals surface area contributed by atoms with Crippen molar-refractivity contribution in [2.24, 2.45) is 0 Å². The quantitative estimate of drug-likeness (QED) is 0.736. The summed E-state index contributed by atoms with van der Waals surface area (Å²) in [7, 11) is 0. The number of nitrogens with one attached hydrogen (secondary N) is 1. The van der Waals surface area contributed by atoms with Crippen molar-refractivity contribution in [1.82, 2.24) is 15.1 Å². The van der Waals surface area contributed by atoms with E-state index in [4.69, 9.17) is 0 Å². The largest absolute Gasteiger partial charge is 0.661 e. The maximum absolute atomic E-state index is 4.38. The fourth-order valence-corrected chi connectivity index (χ4v) is 1.61. The molecule has 1 aromatic heterocycles. The number of H-pyrrole nitrogens is 1. The van der Waals surface area contributed by atoms with Gasteiger partial charge < -0.3 is 5.32 Å². The molecule has 0 aliphatic carbocycles. The van der Waals surface area contributed by atoms with Crippen LogP contribution in [0, 0.1) is 0 Å². The zero-order valence-electron chi connectivity index (χ0n) is 7.74. The highest BCUT2D eigenvalue weighted by atomic mass is 15.2. The van der Waals surface area contributed by atoms with E-state index in [9.17, 15) is 0 Å². The van der Waals surface area contributed by atoms with Crippen molar-refractivity contribution in [1.29, 1.82) is 0 Å². The molecule has 1 aliphatic rings. The molecule has 0 atom stereocenters. The lowest BCUT2D eigenvalue weighted by Gasteiger charge is -2.20. The van der Waals surface area contributed by atoms with Crippen LogP contribution >= 0.6 is 0 Å². The molecule has 0 amide bonds. The third kappa shape index (κ3) is 2.54. The molecule has 0 saturated carbocycles. The third-order valence-corrected chi connectivity index (χ3v) is 2.32. The van der Waals surface area contributed by atoms with E-state index >= 15 is 0 Å². The van der Waals surface area contributed by atoms with E-state index in [-0.39, 0.29) is 0 Å². The molecule has 0 aromatic carbocycles. The average molecular weight is 179 g/mol. The summed E-state index contributed by atoms with van der Waals surface area (Å²) in [6.45, 7) is 5.23. The number of rotatable bonds is 2. The Bertz CT molecular complexity index is 224. The normalized spacial score (nSPS) is 20.0. The van der Waals surface area contributed by atoms with Crippen LogP contribution in [0.25, 0.3) is 5.32 Å². The van der Waals surface area contributed by atoms with E-state index in [1.807, 2.05) is 6.07 Å². The van der Waals surface area contributed by atoms with E-state index in [0.717, 1.165) is 32.7 Å². The van der Waals surface area contributed by atoms with Crippen molar-refractivity contribution in [3.05, 3.63) is 23.3 Å². The van der Waals surface area contributed by atoms with Gasteiger partial charge in [0, 0.05) is 18.4 Å². The first kappa shape index (κ1) is 8.72. The van der Waals surface area contributed by atoms with Gasteiger partial charge in [0.25, 0.3) is 0 Å². The first-order valence-electron chi connectivity index (χ1n) is 4.79. The van der Waals surface area contributed by atoms with Crippen LogP contribution in [-0.2, 0) is 6.54 Å².